The summed E-state index contributed by atoms with van der Waals surface area (Å²) in [6.45, 7) is 2.19. The number of aromatic carboxylic acids is 1. The van der Waals surface area contributed by atoms with Gasteiger partial charge in [-0.15, -0.1) is 0 Å². The van der Waals surface area contributed by atoms with Gasteiger partial charge in [-0.25, -0.2) is 9.78 Å². The number of benzene rings is 1. The molecule has 0 saturated carbocycles. The molecule has 3 N–H and O–H groups in total. The Morgan fingerprint density at radius 1 is 1.19 bits per heavy atom. The number of aromatic nitrogens is 1. The zero-order valence-corrected chi connectivity index (χ0v) is 11.8. The first kappa shape index (κ1) is 15.2. The maximum atomic E-state index is 10.9. The van der Waals surface area contributed by atoms with E-state index in [1.165, 1.54) is 6.07 Å². The molecule has 0 bridgehead atoms. The Morgan fingerprint density at radius 3 is 2.52 bits per heavy atom. The molecule has 1 atom stereocenters. The molecule has 0 fully saturated rings. The largest absolute Gasteiger partial charge is 0.477 e. The summed E-state index contributed by atoms with van der Waals surface area (Å²) in [5.41, 5.74) is 0.981. The summed E-state index contributed by atoms with van der Waals surface area (Å²) < 4.78 is 0. The lowest BCUT2D eigenvalue weighted by Gasteiger charge is -2.29. The number of hydrogen-bond acceptors (Lipinski definition) is 4. The topological polar surface area (TPSA) is 82.5 Å². The molecule has 1 unspecified atom stereocenters. The second-order valence-corrected chi connectivity index (χ2v) is 5.03. The molecular weight excluding hydrogens is 268 g/mol. The molecule has 110 valence electrons. The molecule has 0 aliphatic heterocycles. The molecule has 2 rings (SSSR count). The van der Waals surface area contributed by atoms with Crippen LogP contribution in [-0.4, -0.2) is 27.8 Å². The van der Waals surface area contributed by atoms with Gasteiger partial charge in [0.05, 0.1) is 17.8 Å². The molecule has 0 aliphatic rings. The number of aliphatic hydroxyl groups is 1. The molecule has 5 heteroatoms. The lowest BCUT2D eigenvalue weighted by atomic mass is 9.93. The first-order chi connectivity index (χ1) is 10.0. The van der Waals surface area contributed by atoms with Gasteiger partial charge >= 0.3 is 5.97 Å². The van der Waals surface area contributed by atoms with Crippen molar-refractivity contribution >= 4 is 5.97 Å². The number of nitrogens with zero attached hydrogens (tertiary/aromatic N) is 1. The Labute approximate surface area is 123 Å². The zero-order chi connectivity index (χ0) is 15.3. The van der Waals surface area contributed by atoms with E-state index in [0.29, 0.717) is 12.2 Å². The van der Waals surface area contributed by atoms with Crippen LogP contribution in [-0.2, 0) is 12.1 Å². The number of pyridine rings is 1. The highest BCUT2D eigenvalue weighted by Crippen LogP contribution is 2.20. The number of aliphatic hydroxyl groups excluding tert-OH is 1. The van der Waals surface area contributed by atoms with Gasteiger partial charge in [-0.1, -0.05) is 36.4 Å². The highest BCUT2D eigenvalue weighted by Gasteiger charge is 2.24. The smallest absolute Gasteiger partial charge is 0.354 e. The fourth-order valence-corrected chi connectivity index (χ4v) is 2.04. The lowest BCUT2D eigenvalue weighted by Crippen LogP contribution is -2.42. The molecule has 1 aromatic heterocycles. The fourth-order valence-electron chi connectivity index (χ4n) is 2.04. The van der Waals surface area contributed by atoms with Crippen molar-refractivity contribution in [2.45, 2.75) is 19.0 Å². The number of rotatable bonds is 6. The molecule has 0 saturated heterocycles. The third-order valence-electron chi connectivity index (χ3n) is 3.41. The van der Waals surface area contributed by atoms with E-state index in [1.807, 2.05) is 37.3 Å². The fraction of sp³-hybridized carbons (Fsp3) is 0.250. The third-order valence-corrected chi connectivity index (χ3v) is 3.41. The van der Waals surface area contributed by atoms with Gasteiger partial charge in [0.2, 0.25) is 0 Å². The Morgan fingerprint density at radius 2 is 1.90 bits per heavy atom. The molecule has 21 heavy (non-hydrogen) atoms. The van der Waals surface area contributed by atoms with Crippen LogP contribution in [0, 0.1) is 0 Å². The Kier molecular flexibility index (Phi) is 4.67. The van der Waals surface area contributed by atoms with E-state index in [9.17, 15) is 9.90 Å². The molecule has 1 aromatic carbocycles. The van der Waals surface area contributed by atoms with Crippen LogP contribution in [0.2, 0.25) is 0 Å². The van der Waals surface area contributed by atoms with Gasteiger partial charge in [0, 0.05) is 6.54 Å². The molecule has 2 aromatic rings. The van der Waals surface area contributed by atoms with E-state index in [-0.39, 0.29) is 12.3 Å². The van der Waals surface area contributed by atoms with E-state index < -0.39 is 11.5 Å². The maximum absolute atomic E-state index is 10.9. The van der Waals surface area contributed by atoms with Crippen molar-refractivity contribution in [1.29, 1.82) is 0 Å². The van der Waals surface area contributed by atoms with E-state index >= 15 is 0 Å². The number of nitrogens with one attached hydrogen (secondary N) is 1. The van der Waals surface area contributed by atoms with E-state index in [1.54, 1.807) is 12.1 Å². The van der Waals surface area contributed by atoms with Crippen LogP contribution in [0.25, 0.3) is 0 Å². The molecule has 0 amide bonds. The van der Waals surface area contributed by atoms with Gasteiger partial charge < -0.3 is 15.5 Å². The molecule has 5 nitrogen and oxygen atoms in total. The van der Waals surface area contributed by atoms with Crippen molar-refractivity contribution in [2.75, 3.05) is 6.61 Å². The standard InChI is InChI=1S/C16H18N2O3/c1-16(11-19,12-6-3-2-4-7-12)17-10-13-8-5-9-14(18-13)15(20)21/h2-9,17,19H,10-11H2,1H3,(H,20,21). The zero-order valence-electron chi connectivity index (χ0n) is 11.8. The summed E-state index contributed by atoms with van der Waals surface area (Å²) in [4.78, 5) is 15.0. The minimum absolute atomic E-state index is 0.0136. The van der Waals surface area contributed by atoms with Gasteiger partial charge in [-0.2, -0.15) is 0 Å². The molecule has 1 heterocycles. The second-order valence-electron chi connectivity index (χ2n) is 5.03. The molecule has 0 radical (unpaired) electrons. The summed E-state index contributed by atoms with van der Waals surface area (Å²) in [5.74, 6) is -1.05. The summed E-state index contributed by atoms with van der Waals surface area (Å²) in [6, 6.07) is 14.5. The van der Waals surface area contributed by atoms with Gasteiger partial charge in [-0.3, -0.25) is 0 Å². The van der Waals surface area contributed by atoms with Crippen LogP contribution >= 0.6 is 0 Å². The van der Waals surface area contributed by atoms with Crippen molar-refractivity contribution < 1.29 is 15.0 Å². The maximum Gasteiger partial charge on any atom is 0.354 e. The van der Waals surface area contributed by atoms with Crippen LogP contribution in [0.3, 0.4) is 0 Å². The number of carboxylic acids is 1. The summed E-state index contributed by atoms with van der Waals surface area (Å²) >= 11 is 0. The van der Waals surface area contributed by atoms with Gasteiger partial charge in [0.25, 0.3) is 0 Å². The molecule has 0 aliphatic carbocycles. The summed E-state index contributed by atoms with van der Waals surface area (Å²) in [7, 11) is 0. The van der Waals surface area contributed by atoms with Crippen molar-refractivity contribution in [3.63, 3.8) is 0 Å². The monoisotopic (exact) mass is 286 g/mol. The predicted molar refractivity (Wildman–Crippen MR) is 78.9 cm³/mol. The van der Waals surface area contributed by atoms with E-state index in [2.05, 4.69) is 10.3 Å². The van der Waals surface area contributed by atoms with Crippen LogP contribution in [0.1, 0.15) is 28.7 Å². The second kappa shape index (κ2) is 6.47. The first-order valence-corrected chi connectivity index (χ1v) is 6.66. The van der Waals surface area contributed by atoms with Crippen molar-refractivity contribution in [3.05, 3.63) is 65.5 Å². The third kappa shape index (κ3) is 3.65. The summed E-state index contributed by atoms with van der Waals surface area (Å²) in [6.07, 6.45) is 0. The Balaban J connectivity index is 2.13. The SMILES string of the molecule is CC(CO)(NCc1cccc(C(=O)O)n1)c1ccccc1. The predicted octanol–water partition coefficient (Wildman–Crippen LogP) is 1.78. The average Bonchev–Trinajstić information content (AvgIpc) is 2.53. The highest BCUT2D eigenvalue weighted by atomic mass is 16.4. The van der Waals surface area contributed by atoms with Crippen molar-refractivity contribution in [2.24, 2.45) is 0 Å². The normalized spacial score (nSPS) is 13.6. The number of carbonyl (C=O) groups is 1. The van der Waals surface area contributed by atoms with Crippen molar-refractivity contribution in [3.8, 4) is 0 Å². The van der Waals surface area contributed by atoms with E-state index in [0.717, 1.165) is 5.56 Å². The van der Waals surface area contributed by atoms with Gasteiger partial charge in [-0.05, 0) is 24.6 Å². The molecule has 0 spiro atoms. The minimum atomic E-state index is -1.05. The average molecular weight is 286 g/mol. The van der Waals surface area contributed by atoms with Crippen LogP contribution in [0.4, 0.5) is 0 Å². The number of hydrogen-bond donors (Lipinski definition) is 3. The van der Waals surface area contributed by atoms with Crippen LogP contribution in [0.15, 0.2) is 48.5 Å². The molecular formula is C16H18N2O3. The van der Waals surface area contributed by atoms with Gasteiger partial charge in [0.1, 0.15) is 5.69 Å². The van der Waals surface area contributed by atoms with Crippen molar-refractivity contribution in [1.82, 2.24) is 10.3 Å². The highest BCUT2D eigenvalue weighted by molar-refractivity contribution is 5.85. The Hall–Kier alpha value is -2.24. The lowest BCUT2D eigenvalue weighted by molar-refractivity contribution is 0.0690. The Bertz CT molecular complexity index is 616. The number of carboxylic acid groups (broad SMARTS) is 1. The van der Waals surface area contributed by atoms with Crippen LogP contribution < -0.4 is 5.32 Å². The minimum Gasteiger partial charge on any atom is -0.477 e. The van der Waals surface area contributed by atoms with E-state index in [4.69, 9.17) is 5.11 Å². The first-order valence-electron chi connectivity index (χ1n) is 6.66. The van der Waals surface area contributed by atoms with Gasteiger partial charge in [0.15, 0.2) is 0 Å². The quantitative estimate of drug-likeness (QED) is 0.754. The van der Waals surface area contributed by atoms with Crippen LogP contribution in [0.5, 0.6) is 0 Å². The summed E-state index contributed by atoms with van der Waals surface area (Å²) in [5, 5.41) is 21.9.